The van der Waals surface area contributed by atoms with Crippen molar-refractivity contribution in [3.8, 4) is 0 Å². The molecule has 0 spiro atoms. The first-order chi connectivity index (χ1) is 8.95. The van der Waals surface area contributed by atoms with Gasteiger partial charge >= 0.3 is 0 Å². The summed E-state index contributed by atoms with van der Waals surface area (Å²) in [6, 6.07) is 5.21. The molecule has 0 aliphatic heterocycles. The van der Waals surface area contributed by atoms with Crippen LogP contribution in [-0.2, 0) is 4.79 Å². The molecule has 1 fully saturated rings. The SMILES string of the molecule is CN(CC(=O)Nc1cc(Cl)ccc1Cl)C1CC(O)C1. The van der Waals surface area contributed by atoms with Crippen molar-refractivity contribution >= 4 is 34.8 Å². The highest BCUT2D eigenvalue weighted by atomic mass is 35.5. The largest absolute Gasteiger partial charge is 0.393 e. The van der Waals surface area contributed by atoms with Crippen LogP contribution in [0.3, 0.4) is 0 Å². The molecular weight excluding hydrogens is 287 g/mol. The second-order valence-corrected chi connectivity index (χ2v) is 5.71. The average molecular weight is 303 g/mol. The van der Waals surface area contributed by atoms with Crippen molar-refractivity contribution in [2.45, 2.75) is 25.0 Å². The Morgan fingerprint density at radius 2 is 2.16 bits per heavy atom. The van der Waals surface area contributed by atoms with Crippen molar-refractivity contribution in [3.63, 3.8) is 0 Å². The lowest BCUT2D eigenvalue weighted by atomic mass is 9.88. The topological polar surface area (TPSA) is 52.6 Å². The second kappa shape index (κ2) is 6.09. The summed E-state index contributed by atoms with van der Waals surface area (Å²) in [6.07, 6.45) is 1.22. The number of rotatable bonds is 4. The lowest BCUT2D eigenvalue weighted by Crippen LogP contribution is -2.47. The summed E-state index contributed by atoms with van der Waals surface area (Å²) in [5.74, 6) is -0.145. The average Bonchev–Trinajstić information content (AvgIpc) is 2.29. The first kappa shape index (κ1) is 14.6. The maximum atomic E-state index is 11.9. The monoisotopic (exact) mass is 302 g/mol. The van der Waals surface area contributed by atoms with Crippen LogP contribution in [0, 0.1) is 0 Å². The predicted molar refractivity (Wildman–Crippen MR) is 76.8 cm³/mol. The molecule has 6 heteroatoms. The number of benzene rings is 1. The van der Waals surface area contributed by atoms with E-state index in [9.17, 15) is 9.90 Å². The van der Waals surface area contributed by atoms with Gasteiger partial charge in [-0.05, 0) is 38.1 Å². The van der Waals surface area contributed by atoms with Crippen LogP contribution >= 0.6 is 23.2 Å². The first-order valence-corrected chi connectivity index (χ1v) is 6.84. The molecule has 0 aromatic heterocycles. The molecule has 0 unspecified atom stereocenters. The van der Waals surface area contributed by atoms with Gasteiger partial charge in [0.25, 0.3) is 0 Å². The van der Waals surface area contributed by atoms with Crippen LogP contribution in [0.5, 0.6) is 0 Å². The molecule has 1 aliphatic carbocycles. The molecule has 0 atom stereocenters. The molecule has 104 valence electrons. The van der Waals surface area contributed by atoms with Crippen molar-refractivity contribution in [3.05, 3.63) is 28.2 Å². The van der Waals surface area contributed by atoms with Crippen molar-refractivity contribution < 1.29 is 9.90 Å². The Kier molecular flexibility index (Phi) is 4.68. The van der Waals surface area contributed by atoms with E-state index in [1.807, 2.05) is 11.9 Å². The molecule has 1 saturated carbocycles. The fourth-order valence-corrected chi connectivity index (χ4v) is 2.39. The van der Waals surface area contributed by atoms with Crippen LogP contribution in [0.2, 0.25) is 10.0 Å². The Hall–Kier alpha value is -0.810. The number of hydrogen-bond acceptors (Lipinski definition) is 3. The summed E-state index contributed by atoms with van der Waals surface area (Å²) in [5, 5.41) is 13.0. The normalized spacial score (nSPS) is 22.2. The zero-order chi connectivity index (χ0) is 14.0. The van der Waals surface area contributed by atoms with Crippen molar-refractivity contribution in [2.24, 2.45) is 0 Å². The zero-order valence-electron chi connectivity index (χ0n) is 10.6. The number of nitrogens with zero attached hydrogens (tertiary/aromatic N) is 1. The lowest BCUT2D eigenvalue weighted by Gasteiger charge is -2.38. The van der Waals surface area contributed by atoms with Crippen LogP contribution in [0.4, 0.5) is 5.69 Å². The van der Waals surface area contributed by atoms with Gasteiger partial charge in [-0.2, -0.15) is 0 Å². The Bertz CT molecular complexity index is 476. The minimum Gasteiger partial charge on any atom is -0.393 e. The lowest BCUT2D eigenvalue weighted by molar-refractivity contribution is -0.118. The highest BCUT2D eigenvalue weighted by molar-refractivity contribution is 6.35. The number of aliphatic hydroxyl groups excluding tert-OH is 1. The fraction of sp³-hybridized carbons (Fsp3) is 0.462. The predicted octanol–water partition coefficient (Wildman–Crippen LogP) is 2.39. The number of carbonyl (C=O) groups is 1. The van der Waals surface area contributed by atoms with Gasteiger partial charge in [0.2, 0.25) is 5.91 Å². The smallest absolute Gasteiger partial charge is 0.238 e. The van der Waals surface area contributed by atoms with Gasteiger partial charge in [-0.1, -0.05) is 23.2 Å². The molecule has 0 saturated heterocycles. The van der Waals surface area contributed by atoms with E-state index in [1.54, 1.807) is 18.2 Å². The Labute approximate surface area is 122 Å². The van der Waals surface area contributed by atoms with E-state index >= 15 is 0 Å². The van der Waals surface area contributed by atoms with Gasteiger partial charge in [-0.3, -0.25) is 9.69 Å². The number of amides is 1. The number of carbonyl (C=O) groups excluding carboxylic acids is 1. The van der Waals surface area contributed by atoms with Crippen LogP contribution in [0.1, 0.15) is 12.8 Å². The van der Waals surface area contributed by atoms with Crippen molar-refractivity contribution in [1.82, 2.24) is 4.90 Å². The molecule has 2 rings (SSSR count). The molecule has 1 aliphatic rings. The van der Waals surface area contributed by atoms with Gasteiger partial charge in [0.15, 0.2) is 0 Å². The molecule has 0 bridgehead atoms. The number of hydrogen-bond donors (Lipinski definition) is 2. The third-order valence-corrected chi connectivity index (χ3v) is 3.87. The molecule has 4 nitrogen and oxygen atoms in total. The first-order valence-electron chi connectivity index (χ1n) is 6.09. The molecule has 1 aromatic carbocycles. The van der Waals surface area contributed by atoms with Gasteiger partial charge in [0.05, 0.1) is 23.4 Å². The van der Waals surface area contributed by atoms with E-state index in [0.29, 0.717) is 15.7 Å². The number of halogens is 2. The van der Waals surface area contributed by atoms with E-state index < -0.39 is 0 Å². The minimum absolute atomic E-state index is 0.145. The zero-order valence-corrected chi connectivity index (χ0v) is 12.1. The van der Waals surface area contributed by atoms with E-state index in [0.717, 1.165) is 12.8 Å². The summed E-state index contributed by atoms with van der Waals surface area (Å²) >= 11 is 11.8. The number of nitrogens with one attached hydrogen (secondary N) is 1. The molecule has 0 radical (unpaired) electrons. The van der Waals surface area contributed by atoms with Crippen molar-refractivity contribution in [2.75, 3.05) is 18.9 Å². The Morgan fingerprint density at radius 3 is 2.79 bits per heavy atom. The third-order valence-electron chi connectivity index (χ3n) is 3.31. The summed E-state index contributed by atoms with van der Waals surface area (Å²) in [4.78, 5) is 13.8. The van der Waals surface area contributed by atoms with Gasteiger partial charge < -0.3 is 10.4 Å². The summed E-state index contributed by atoms with van der Waals surface area (Å²) < 4.78 is 0. The second-order valence-electron chi connectivity index (χ2n) is 4.87. The maximum Gasteiger partial charge on any atom is 0.238 e. The van der Waals surface area contributed by atoms with Gasteiger partial charge in [0, 0.05) is 11.1 Å². The third kappa shape index (κ3) is 3.83. The highest BCUT2D eigenvalue weighted by Gasteiger charge is 2.31. The molecule has 1 aromatic rings. The molecule has 2 N–H and O–H groups in total. The number of anilines is 1. The highest BCUT2D eigenvalue weighted by Crippen LogP contribution is 2.26. The van der Waals surface area contributed by atoms with E-state index in [-0.39, 0.29) is 24.6 Å². The number of likely N-dealkylation sites (N-methyl/N-ethyl adjacent to an activating group) is 1. The van der Waals surface area contributed by atoms with Crippen LogP contribution < -0.4 is 5.32 Å². The van der Waals surface area contributed by atoms with E-state index in [2.05, 4.69) is 5.32 Å². The van der Waals surface area contributed by atoms with Gasteiger partial charge in [-0.25, -0.2) is 0 Å². The number of aliphatic hydroxyl groups is 1. The van der Waals surface area contributed by atoms with Crippen LogP contribution in [0.15, 0.2) is 18.2 Å². The Morgan fingerprint density at radius 1 is 1.47 bits per heavy atom. The van der Waals surface area contributed by atoms with Crippen molar-refractivity contribution in [1.29, 1.82) is 0 Å². The van der Waals surface area contributed by atoms with Crippen LogP contribution in [0.25, 0.3) is 0 Å². The molecular formula is C13H16Cl2N2O2. The minimum atomic E-state index is -0.224. The van der Waals surface area contributed by atoms with E-state index in [4.69, 9.17) is 23.2 Å². The molecule has 19 heavy (non-hydrogen) atoms. The Balaban J connectivity index is 1.88. The molecule has 1 amide bonds. The van der Waals surface area contributed by atoms with Gasteiger partial charge in [-0.15, -0.1) is 0 Å². The standard InChI is InChI=1S/C13H16Cl2N2O2/c1-17(9-5-10(18)6-9)7-13(19)16-12-4-8(14)2-3-11(12)15/h2-4,9-10,18H,5-7H2,1H3,(H,16,19). The molecule has 0 heterocycles. The summed E-state index contributed by atoms with van der Waals surface area (Å²) in [7, 11) is 1.87. The van der Waals surface area contributed by atoms with Gasteiger partial charge in [0.1, 0.15) is 0 Å². The maximum absolute atomic E-state index is 11.9. The summed E-state index contributed by atoms with van der Waals surface area (Å²) in [6.45, 7) is 0.264. The van der Waals surface area contributed by atoms with Crippen LogP contribution in [-0.4, -0.2) is 41.7 Å². The summed E-state index contributed by atoms with van der Waals surface area (Å²) in [5.41, 5.74) is 0.515. The van der Waals surface area contributed by atoms with E-state index in [1.165, 1.54) is 0 Å². The fourth-order valence-electron chi connectivity index (χ4n) is 2.06. The quantitative estimate of drug-likeness (QED) is 0.898.